The van der Waals surface area contributed by atoms with Crippen molar-refractivity contribution in [2.75, 3.05) is 5.32 Å². The molecule has 0 aliphatic carbocycles. The zero-order chi connectivity index (χ0) is 21.5. The van der Waals surface area contributed by atoms with Gasteiger partial charge in [0.05, 0.1) is 17.4 Å². The van der Waals surface area contributed by atoms with Gasteiger partial charge in [-0.25, -0.2) is 0 Å². The van der Waals surface area contributed by atoms with Crippen molar-refractivity contribution < 1.29 is 4.79 Å². The molecule has 1 amide bonds. The van der Waals surface area contributed by atoms with Crippen LogP contribution in [-0.2, 0) is 24.8 Å². The van der Waals surface area contributed by atoms with Crippen molar-refractivity contribution in [1.82, 2.24) is 25.1 Å². The van der Waals surface area contributed by atoms with Gasteiger partial charge in [-0.1, -0.05) is 36.4 Å². The monoisotopic (exact) mass is 412 g/mol. The summed E-state index contributed by atoms with van der Waals surface area (Å²) in [6, 6.07) is 20.9. The third kappa shape index (κ3) is 5.40. The van der Waals surface area contributed by atoms with E-state index < -0.39 is 6.04 Å². The standard InChI is InChI=1S/C24H24N6O/c1-30-23(16-21(29-30)19-10-13-25-14-11-19)28-24(31)22(15-18-7-3-2-4-8-18)27-17-20-9-5-6-12-26-20/h2-14,16,22,27H,15,17H2,1H3,(H,28,31). The zero-order valence-corrected chi connectivity index (χ0v) is 17.3. The Kier molecular flexibility index (Phi) is 6.44. The van der Waals surface area contributed by atoms with Gasteiger partial charge in [0.25, 0.3) is 0 Å². The molecule has 7 nitrogen and oxygen atoms in total. The highest BCUT2D eigenvalue weighted by Gasteiger charge is 2.20. The number of rotatable bonds is 8. The number of carbonyl (C=O) groups is 1. The molecular formula is C24H24N6O. The molecule has 1 aromatic carbocycles. The second-order valence-electron chi connectivity index (χ2n) is 7.21. The first-order chi connectivity index (χ1) is 15.2. The number of nitrogens with one attached hydrogen (secondary N) is 2. The number of hydrogen-bond acceptors (Lipinski definition) is 5. The Bertz CT molecular complexity index is 1110. The van der Waals surface area contributed by atoms with E-state index in [9.17, 15) is 4.79 Å². The molecule has 3 heterocycles. The number of pyridine rings is 2. The van der Waals surface area contributed by atoms with Gasteiger partial charge < -0.3 is 5.32 Å². The molecular weight excluding hydrogens is 388 g/mol. The highest BCUT2D eigenvalue weighted by molar-refractivity contribution is 5.94. The van der Waals surface area contributed by atoms with Gasteiger partial charge in [0.1, 0.15) is 5.82 Å². The lowest BCUT2D eigenvalue weighted by molar-refractivity contribution is -0.118. The number of aromatic nitrogens is 4. The first-order valence-corrected chi connectivity index (χ1v) is 10.1. The third-order valence-corrected chi connectivity index (χ3v) is 4.96. The van der Waals surface area contributed by atoms with E-state index in [2.05, 4.69) is 25.7 Å². The second kappa shape index (κ2) is 9.77. The Hall–Kier alpha value is -3.84. The fourth-order valence-corrected chi connectivity index (χ4v) is 3.30. The number of amides is 1. The lowest BCUT2D eigenvalue weighted by atomic mass is 10.1. The van der Waals surface area contributed by atoms with Gasteiger partial charge in [0, 0.05) is 43.8 Å². The van der Waals surface area contributed by atoms with E-state index >= 15 is 0 Å². The summed E-state index contributed by atoms with van der Waals surface area (Å²) in [5.41, 5.74) is 3.69. The van der Waals surface area contributed by atoms with Crippen LogP contribution in [0.4, 0.5) is 5.82 Å². The van der Waals surface area contributed by atoms with Crippen molar-refractivity contribution in [2.24, 2.45) is 7.05 Å². The molecule has 0 spiro atoms. The average Bonchev–Trinajstić information content (AvgIpc) is 3.18. The molecule has 0 fully saturated rings. The molecule has 7 heteroatoms. The Morgan fingerprint density at radius 1 is 1.00 bits per heavy atom. The largest absolute Gasteiger partial charge is 0.310 e. The fraction of sp³-hybridized carbons (Fsp3) is 0.167. The molecule has 3 aromatic heterocycles. The Morgan fingerprint density at radius 3 is 2.52 bits per heavy atom. The molecule has 2 N–H and O–H groups in total. The van der Waals surface area contributed by atoms with E-state index in [1.54, 1.807) is 23.3 Å². The van der Waals surface area contributed by atoms with Crippen LogP contribution in [0.25, 0.3) is 11.3 Å². The van der Waals surface area contributed by atoms with Crippen molar-refractivity contribution in [1.29, 1.82) is 0 Å². The molecule has 156 valence electrons. The number of hydrogen-bond donors (Lipinski definition) is 2. The van der Waals surface area contributed by atoms with E-state index in [4.69, 9.17) is 0 Å². The minimum atomic E-state index is -0.427. The summed E-state index contributed by atoms with van der Waals surface area (Å²) < 4.78 is 1.67. The smallest absolute Gasteiger partial charge is 0.243 e. The average molecular weight is 412 g/mol. The van der Waals surface area contributed by atoms with E-state index in [1.165, 1.54) is 0 Å². The summed E-state index contributed by atoms with van der Waals surface area (Å²) in [5.74, 6) is 0.513. The quantitative estimate of drug-likeness (QED) is 0.464. The van der Waals surface area contributed by atoms with E-state index in [0.29, 0.717) is 18.8 Å². The molecule has 31 heavy (non-hydrogen) atoms. The summed E-state index contributed by atoms with van der Waals surface area (Å²) in [5, 5.41) is 10.9. The molecule has 0 aliphatic heterocycles. The third-order valence-electron chi connectivity index (χ3n) is 4.96. The lowest BCUT2D eigenvalue weighted by Gasteiger charge is -2.18. The van der Waals surface area contributed by atoms with Crippen LogP contribution in [0.1, 0.15) is 11.3 Å². The van der Waals surface area contributed by atoms with Crippen LogP contribution in [-0.4, -0.2) is 31.7 Å². The van der Waals surface area contributed by atoms with Crippen LogP contribution >= 0.6 is 0 Å². The molecule has 4 rings (SSSR count). The number of aryl methyl sites for hydroxylation is 1. The van der Waals surface area contributed by atoms with E-state index in [-0.39, 0.29) is 5.91 Å². The first-order valence-electron chi connectivity index (χ1n) is 10.1. The molecule has 0 radical (unpaired) electrons. The minimum Gasteiger partial charge on any atom is -0.310 e. The Morgan fingerprint density at radius 2 is 1.77 bits per heavy atom. The van der Waals surface area contributed by atoms with Gasteiger partial charge in [0.15, 0.2) is 0 Å². The van der Waals surface area contributed by atoms with Crippen molar-refractivity contribution in [2.45, 2.75) is 19.0 Å². The van der Waals surface area contributed by atoms with Crippen molar-refractivity contribution in [3.05, 3.63) is 96.6 Å². The normalized spacial score (nSPS) is 11.8. The molecule has 0 saturated heterocycles. The Labute approximate surface area is 181 Å². The van der Waals surface area contributed by atoms with Crippen LogP contribution in [0, 0.1) is 0 Å². The molecule has 4 aromatic rings. The van der Waals surface area contributed by atoms with Gasteiger partial charge in [-0.3, -0.25) is 24.8 Å². The van der Waals surface area contributed by atoms with E-state index in [0.717, 1.165) is 22.5 Å². The van der Waals surface area contributed by atoms with Crippen molar-refractivity contribution >= 4 is 11.7 Å². The highest BCUT2D eigenvalue weighted by atomic mass is 16.2. The van der Waals surface area contributed by atoms with Gasteiger partial charge in [-0.15, -0.1) is 0 Å². The molecule has 1 unspecified atom stereocenters. The Balaban J connectivity index is 1.50. The number of benzene rings is 1. The maximum absolute atomic E-state index is 13.2. The maximum Gasteiger partial charge on any atom is 0.243 e. The molecule has 0 bridgehead atoms. The fourth-order valence-electron chi connectivity index (χ4n) is 3.30. The highest BCUT2D eigenvalue weighted by Crippen LogP contribution is 2.20. The van der Waals surface area contributed by atoms with Crippen LogP contribution in [0.2, 0.25) is 0 Å². The van der Waals surface area contributed by atoms with Crippen molar-refractivity contribution in [3.63, 3.8) is 0 Å². The summed E-state index contributed by atoms with van der Waals surface area (Å²) >= 11 is 0. The molecule has 1 atom stereocenters. The van der Waals surface area contributed by atoms with Gasteiger partial charge in [0.2, 0.25) is 5.91 Å². The SMILES string of the molecule is Cn1nc(-c2ccncc2)cc1NC(=O)C(Cc1ccccc1)NCc1ccccn1. The van der Waals surface area contributed by atoms with Crippen LogP contribution < -0.4 is 10.6 Å². The van der Waals surface area contributed by atoms with Crippen LogP contribution in [0.3, 0.4) is 0 Å². The van der Waals surface area contributed by atoms with Gasteiger partial charge in [-0.2, -0.15) is 5.10 Å². The predicted octanol–water partition coefficient (Wildman–Crippen LogP) is 3.22. The van der Waals surface area contributed by atoms with Gasteiger partial charge >= 0.3 is 0 Å². The molecule has 0 saturated carbocycles. The topological polar surface area (TPSA) is 84.7 Å². The predicted molar refractivity (Wildman–Crippen MR) is 120 cm³/mol. The first kappa shape index (κ1) is 20.4. The van der Waals surface area contributed by atoms with E-state index in [1.807, 2.05) is 73.8 Å². The number of nitrogens with zero attached hydrogens (tertiary/aromatic N) is 4. The lowest BCUT2D eigenvalue weighted by Crippen LogP contribution is -2.42. The summed E-state index contributed by atoms with van der Waals surface area (Å²) in [4.78, 5) is 21.6. The van der Waals surface area contributed by atoms with Crippen molar-refractivity contribution in [3.8, 4) is 11.3 Å². The second-order valence-corrected chi connectivity index (χ2v) is 7.21. The maximum atomic E-state index is 13.2. The number of carbonyl (C=O) groups excluding carboxylic acids is 1. The summed E-state index contributed by atoms with van der Waals surface area (Å²) in [6.45, 7) is 0.499. The summed E-state index contributed by atoms with van der Waals surface area (Å²) in [6.07, 6.45) is 5.76. The minimum absolute atomic E-state index is 0.121. The summed E-state index contributed by atoms with van der Waals surface area (Å²) in [7, 11) is 1.81. The van der Waals surface area contributed by atoms with Gasteiger partial charge in [-0.05, 0) is 36.2 Å². The van der Waals surface area contributed by atoms with Crippen LogP contribution in [0.15, 0.2) is 85.3 Å². The zero-order valence-electron chi connectivity index (χ0n) is 17.3. The van der Waals surface area contributed by atoms with Crippen LogP contribution in [0.5, 0.6) is 0 Å². The number of anilines is 1. The molecule has 0 aliphatic rings.